The maximum atomic E-state index is 13.6. The van der Waals surface area contributed by atoms with Gasteiger partial charge in [0, 0.05) is 6.54 Å². The maximum absolute atomic E-state index is 13.6. The van der Waals surface area contributed by atoms with Gasteiger partial charge < -0.3 is 5.32 Å². The smallest absolute Gasteiger partial charge is 0.323 e. The predicted octanol–water partition coefficient (Wildman–Crippen LogP) is 4.76. The topological polar surface area (TPSA) is 82.6 Å². The van der Waals surface area contributed by atoms with E-state index in [0.717, 1.165) is 39.9 Å². The molecule has 1 saturated carbocycles. The zero-order valence-electron chi connectivity index (χ0n) is 19.9. The number of carbonyl (C=O) groups is 3. The molecule has 1 spiro atoms. The lowest BCUT2D eigenvalue weighted by Crippen LogP contribution is -2.50. The van der Waals surface area contributed by atoms with Gasteiger partial charge in [-0.2, -0.15) is 0 Å². The SMILES string of the molecule is CCC1CCC2(CC1)NC(=O)N(CC(=O)N(CCc1ccccc1)c1nc3ccccc3s1)C2=O. The van der Waals surface area contributed by atoms with Crippen molar-refractivity contribution in [3.63, 3.8) is 0 Å². The van der Waals surface area contributed by atoms with Gasteiger partial charge in [-0.25, -0.2) is 9.78 Å². The Balaban J connectivity index is 1.36. The summed E-state index contributed by atoms with van der Waals surface area (Å²) in [5, 5.41) is 3.51. The molecule has 8 heteroatoms. The first-order chi connectivity index (χ1) is 17.0. The molecule has 7 nitrogen and oxygen atoms in total. The van der Waals surface area contributed by atoms with E-state index in [9.17, 15) is 14.4 Å². The van der Waals surface area contributed by atoms with Gasteiger partial charge in [0.25, 0.3) is 5.91 Å². The number of rotatable bonds is 7. The molecule has 2 aliphatic rings. The van der Waals surface area contributed by atoms with E-state index in [0.29, 0.717) is 36.9 Å². The third-order valence-corrected chi connectivity index (χ3v) is 8.42. The first kappa shape index (κ1) is 23.5. The number of thiazole rings is 1. The minimum atomic E-state index is -0.853. The van der Waals surface area contributed by atoms with Crippen LogP contribution in [-0.2, 0) is 16.0 Å². The molecule has 1 N–H and O–H groups in total. The summed E-state index contributed by atoms with van der Waals surface area (Å²) in [6, 6.07) is 17.2. The first-order valence-corrected chi connectivity index (χ1v) is 13.1. The highest BCUT2D eigenvalue weighted by atomic mass is 32.1. The molecule has 2 heterocycles. The number of para-hydroxylation sites is 1. The zero-order chi connectivity index (χ0) is 24.4. The molecule has 2 fully saturated rings. The van der Waals surface area contributed by atoms with Gasteiger partial charge in [0.2, 0.25) is 5.91 Å². The van der Waals surface area contributed by atoms with Crippen molar-refractivity contribution in [2.75, 3.05) is 18.0 Å². The molecule has 3 aromatic rings. The van der Waals surface area contributed by atoms with Gasteiger partial charge in [-0.05, 0) is 55.7 Å². The monoisotopic (exact) mass is 490 g/mol. The Morgan fingerprint density at radius 2 is 1.83 bits per heavy atom. The number of hydrogen-bond donors (Lipinski definition) is 1. The van der Waals surface area contributed by atoms with Crippen molar-refractivity contribution in [2.24, 2.45) is 5.92 Å². The van der Waals surface area contributed by atoms with E-state index in [1.54, 1.807) is 4.90 Å². The normalized spacial score (nSPS) is 22.1. The number of hydrogen-bond acceptors (Lipinski definition) is 5. The molecule has 1 saturated heterocycles. The Morgan fingerprint density at radius 1 is 1.11 bits per heavy atom. The lowest BCUT2D eigenvalue weighted by Gasteiger charge is -2.34. The fourth-order valence-electron chi connectivity index (χ4n) is 5.15. The van der Waals surface area contributed by atoms with Gasteiger partial charge in [-0.1, -0.05) is 67.1 Å². The van der Waals surface area contributed by atoms with Crippen molar-refractivity contribution in [2.45, 2.75) is 51.0 Å². The van der Waals surface area contributed by atoms with Gasteiger partial charge in [0.05, 0.1) is 10.2 Å². The Bertz CT molecular complexity index is 1200. The number of carbonyl (C=O) groups excluding carboxylic acids is 3. The van der Waals surface area contributed by atoms with Crippen molar-refractivity contribution in [1.82, 2.24) is 15.2 Å². The Kier molecular flexibility index (Phi) is 6.56. The quantitative estimate of drug-likeness (QED) is 0.484. The maximum Gasteiger partial charge on any atom is 0.325 e. The van der Waals surface area contributed by atoms with Crippen LogP contribution in [-0.4, -0.2) is 46.4 Å². The van der Waals surface area contributed by atoms with Crippen LogP contribution < -0.4 is 10.2 Å². The third kappa shape index (κ3) is 4.67. The molecule has 1 aromatic heterocycles. The highest BCUT2D eigenvalue weighted by Gasteiger charge is 2.52. The molecule has 2 aromatic carbocycles. The molecule has 0 atom stereocenters. The van der Waals surface area contributed by atoms with Gasteiger partial charge >= 0.3 is 6.03 Å². The fourth-order valence-corrected chi connectivity index (χ4v) is 6.15. The van der Waals surface area contributed by atoms with Crippen molar-refractivity contribution in [3.05, 3.63) is 60.2 Å². The van der Waals surface area contributed by atoms with Crippen molar-refractivity contribution < 1.29 is 14.4 Å². The van der Waals surface area contributed by atoms with Crippen LogP contribution in [0.3, 0.4) is 0 Å². The van der Waals surface area contributed by atoms with E-state index in [1.165, 1.54) is 11.3 Å². The highest BCUT2D eigenvalue weighted by Crippen LogP contribution is 2.38. The molecule has 1 aliphatic carbocycles. The Morgan fingerprint density at radius 3 is 2.54 bits per heavy atom. The van der Waals surface area contributed by atoms with Crippen molar-refractivity contribution >= 4 is 44.5 Å². The molecular weight excluding hydrogens is 460 g/mol. The molecule has 5 rings (SSSR count). The van der Waals surface area contributed by atoms with Gasteiger partial charge in [-0.15, -0.1) is 0 Å². The highest BCUT2D eigenvalue weighted by molar-refractivity contribution is 7.22. The van der Waals surface area contributed by atoms with Crippen molar-refractivity contribution in [3.8, 4) is 0 Å². The van der Waals surface area contributed by atoms with Crippen LogP contribution in [0.4, 0.5) is 9.93 Å². The summed E-state index contributed by atoms with van der Waals surface area (Å²) in [7, 11) is 0. The summed E-state index contributed by atoms with van der Waals surface area (Å²) in [4.78, 5) is 47.2. The van der Waals surface area contributed by atoms with E-state index < -0.39 is 11.6 Å². The van der Waals surface area contributed by atoms with E-state index in [-0.39, 0.29) is 18.4 Å². The lowest BCUT2D eigenvalue weighted by molar-refractivity contribution is -0.135. The van der Waals surface area contributed by atoms with Gasteiger partial charge in [0.1, 0.15) is 12.1 Å². The molecule has 4 amide bonds. The lowest BCUT2D eigenvalue weighted by atomic mass is 9.75. The van der Waals surface area contributed by atoms with Crippen LogP contribution in [0.5, 0.6) is 0 Å². The summed E-state index contributed by atoms with van der Waals surface area (Å²) in [5.74, 6) is 0.0222. The number of anilines is 1. The molecule has 0 bridgehead atoms. The second-order valence-electron chi connectivity index (χ2n) is 9.50. The zero-order valence-corrected chi connectivity index (χ0v) is 20.7. The van der Waals surface area contributed by atoms with Crippen molar-refractivity contribution in [1.29, 1.82) is 0 Å². The van der Waals surface area contributed by atoms with E-state index in [1.807, 2.05) is 54.6 Å². The van der Waals surface area contributed by atoms with E-state index in [4.69, 9.17) is 0 Å². The number of benzene rings is 2. The number of imide groups is 1. The van der Waals surface area contributed by atoms with Gasteiger partial charge in [-0.3, -0.25) is 19.4 Å². The fraction of sp³-hybridized carbons (Fsp3) is 0.407. The standard InChI is InChI=1S/C27H30N4O3S/c1-2-19-12-15-27(16-13-19)24(33)31(25(34)29-27)18-23(32)30(17-14-20-8-4-3-5-9-20)26-28-21-10-6-7-11-22(21)35-26/h3-11,19H,2,12-18H2,1H3,(H,29,34). The number of nitrogens with zero attached hydrogens (tertiary/aromatic N) is 3. The average molecular weight is 491 g/mol. The number of fused-ring (bicyclic) bond motifs is 1. The van der Waals surface area contributed by atoms with Crippen LogP contribution in [0.15, 0.2) is 54.6 Å². The van der Waals surface area contributed by atoms with E-state index in [2.05, 4.69) is 17.2 Å². The Hall–Kier alpha value is -3.26. The summed E-state index contributed by atoms with van der Waals surface area (Å²) < 4.78 is 0.988. The number of urea groups is 1. The van der Waals surface area contributed by atoms with Crippen LogP contribution >= 0.6 is 11.3 Å². The van der Waals surface area contributed by atoms with E-state index >= 15 is 0 Å². The van der Waals surface area contributed by atoms with Crippen LogP contribution in [0.25, 0.3) is 10.2 Å². The number of aromatic nitrogens is 1. The summed E-state index contributed by atoms with van der Waals surface area (Å²) in [6.07, 6.45) is 4.83. The molecule has 0 radical (unpaired) electrons. The first-order valence-electron chi connectivity index (χ1n) is 12.3. The second-order valence-corrected chi connectivity index (χ2v) is 10.5. The van der Waals surface area contributed by atoms with Crippen LogP contribution in [0.2, 0.25) is 0 Å². The van der Waals surface area contributed by atoms with Gasteiger partial charge in [0.15, 0.2) is 5.13 Å². The molecular formula is C27H30N4O3S. The summed E-state index contributed by atoms with van der Waals surface area (Å²) in [5.41, 5.74) is 1.08. The molecule has 1 aliphatic heterocycles. The minimum Gasteiger partial charge on any atom is -0.323 e. The molecule has 35 heavy (non-hydrogen) atoms. The summed E-state index contributed by atoms with van der Waals surface area (Å²) >= 11 is 1.44. The van der Waals surface area contributed by atoms with Crippen LogP contribution in [0, 0.1) is 5.92 Å². The number of nitrogens with one attached hydrogen (secondary N) is 1. The largest absolute Gasteiger partial charge is 0.325 e. The number of amides is 4. The second kappa shape index (κ2) is 9.77. The Labute approximate surface area is 209 Å². The predicted molar refractivity (Wildman–Crippen MR) is 137 cm³/mol. The molecule has 0 unspecified atom stereocenters. The average Bonchev–Trinajstić information content (AvgIpc) is 3.40. The minimum absolute atomic E-state index is 0.266. The summed E-state index contributed by atoms with van der Waals surface area (Å²) in [6.45, 7) is 2.29. The van der Waals surface area contributed by atoms with Crippen LogP contribution in [0.1, 0.15) is 44.6 Å². The third-order valence-electron chi connectivity index (χ3n) is 7.36. The molecule has 182 valence electrons.